The summed E-state index contributed by atoms with van der Waals surface area (Å²) >= 11 is 0. The van der Waals surface area contributed by atoms with Crippen LogP contribution < -0.4 is 0 Å². The smallest absolute Gasteiger partial charge is 0.328 e. The van der Waals surface area contributed by atoms with Gasteiger partial charge in [-0.2, -0.15) is 0 Å². The lowest BCUT2D eigenvalue weighted by Gasteiger charge is -2.34. The predicted octanol–water partition coefficient (Wildman–Crippen LogP) is 1.30. The Kier molecular flexibility index (Phi) is 3.46. The van der Waals surface area contributed by atoms with Crippen LogP contribution in [0.3, 0.4) is 0 Å². The van der Waals surface area contributed by atoms with Crippen LogP contribution in [-0.2, 0) is 27.3 Å². The number of methoxy groups -OCH3 is 1. The molecule has 4 nitrogen and oxygen atoms in total. The van der Waals surface area contributed by atoms with Crippen molar-refractivity contribution in [3.8, 4) is 0 Å². The third-order valence-corrected chi connectivity index (χ3v) is 3.18. The first kappa shape index (κ1) is 12.4. The van der Waals surface area contributed by atoms with Crippen LogP contribution in [0.2, 0.25) is 0 Å². The largest absolute Gasteiger partial charge is 0.467 e. The average Bonchev–Trinajstić information content (AvgIpc) is 2.44. The maximum absolute atomic E-state index is 11.8. The summed E-state index contributed by atoms with van der Waals surface area (Å²) in [4.78, 5) is 25.1. The Balaban J connectivity index is 2.36. The van der Waals surface area contributed by atoms with E-state index in [0.717, 1.165) is 11.1 Å². The SMILES string of the molecule is C=CC(=O)N1Cc2ccccc2C[C@H]1C(=O)OC. The van der Waals surface area contributed by atoms with Gasteiger partial charge in [-0.05, 0) is 17.2 Å². The van der Waals surface area contributed by atoms with Gasteiger partial charge in [0.15, 0.2) is 0 Å². The van der Waals surface area contributed by atoms with E-state index in [-0.39, 0.29) is 11.9 Å². The topological polar surface area (TPSA) is 46.6 Å². The van der Waals surface area contributed by atoms with Gasteiger partial charge in [-0.1, -0.05) is 30.8 Å². The summed E-state index contributed by atoms with van der Waals surface area (Å²) in [6.45, 7) is 3.89. The molecule has 1 heterocycles. The first-order valence-corrected chi connectivity index (χ1v) is 5.75. The Bertz CT molecular complexity index is 496. The highest BCUT2D eigenvalue weighted by Gasteiger charge is 2.34. The first-order valence-electron chi connectivity index (χ1n) is 5.75. The van der Waals surface area contributed by atoms with Gasteiger partial charge in [0.1, 0.15) is 6.04 Å². The number of carbonyl (C=O) groups is 2. The zero-order valence-electron chi connectivity index (χ0n) is 10.3. The third-order valence-electron chi connectivity index (χ3n) is 3.18. The van der Waals surface area contributed by atoms with Gasteiger partial charge in [0.05, 0.1) is 7.11 Å². The number of amides is 1. The summed E-state index contributed by atoms with van der Waals surface area (Å²) in [5.41, 5.74) is 2.15. The first-order chi connectivity index (χ1) is 8.67. The van der Waals surface area contributed by atoms with Gasteiger partial charge in [-0.15, -0.1) is 0 Å². The van der Waals surface area contributed by atoms with Gasteiger partial charge in [0.25, 0.3) is 0 Å². The molecule has 0 saturated carbocycles. The van der Waals surface area contributed by atoms with E-state index in [9.17, 15) is 9.59 Å². The molecule has 0 spiro atoms. The molecule has 1 aromatic rings. The monoisotopic (exact) mass is 245 g/mol. The number of rotatable bonds is 2. The van der Waals surface area contributed by atoms with Crippen molar-refractivity contribution >= 4 is 11.9 Å². The van der Waals surface area contributed by atoms with Gasteiger partial charge in [0, 0.05) is 13.0 Å². The van der Waals surface area contributed by atoms with Crippen LogP contribution in [0.15, 0.2) is 36.9 Å². The molecule has 1 aromatic carbocycles. The molecule has 94 valence electrons. The Morgan fingerprint density at radius 3 is 2.67 bits per heavy atom. The van der Waals surface area contributed by atoms with Crippen molar-refractivity contribution in [1.29, 1.82) is 0 Å². The number of carbonyl (C=O) groups excluding carboxylic acids is 2. The van der Waals surface area contributed by atoms with E-state index < -0.39 is 6.04 Å². The van der Waals surface area contributed by atoms with Crippen LogP contribution in [0.5, 0.6) is 0 Å². The third kappa shape index (κ3) is 2.14. The molecule has 2 rings (SSSR count). The maximum atomic E-state index is 11.8. The summed E-state index contributed by atoms with van der Waals surface area (Å²) in [6, 6.07) is 7.23. The Morgan fingerprint density at radius 2 is 2.06 bits per heavy atom. The van der Waals surface area contributed by atoms with E-state index in [4.69, 9.17) is 4.74 Å². The minimum Gasteiger partial charge on any atom is -0.467 e. The molecule has 0 radical (unpaired) electrons. The number of nitrogens with zero attached hydrogens (tertiary/aromatic N) is 1. The van der Waals surface area contributed by atoms with Crippen LogP contribution in [0, 0.1) is 0 Å². The molecular formula is C14H15NO3. The minimum absolute atomic E-state index is 0.250. The van der Waals surface area contributed by atoms with Crippen molar-refractivity contribution in [3.05, 3.63) is 48.0 Å². The molecule has 1 amide bonds. The van der Waals surface area contributed by atoms with Crippen molar-refractivity contribution in [2.24, 2.45) is 0 Å². The molecule has 0 unspecified atom stereocenters. The van der Waals surface area contributed by atoms with Crippen molar-refractivity contribution in [3.63, 3.8) is 0 Å². The predicted molar refractivity (Wildman–Crippen MR) is 66.7 cm³/mol. The van der Waals surface area contributed by atoms with E-state index in [1.807, 2.05) is 24.3 Å². The van der Waals surface area contributed by atoms with E-state index in [0.29, 0.717) is 13.0 Å². The lowest BCUT2D eigenvalue weighted by molar-refractivity contribution is -0.152. The Hall–Kier alpha value is -2.10. The molecule has 0 saturated heterocycles. The Morgan fingerprint density at radius 1 is 1.39 bits per heavy atom. The Labute approximate surface area is 106 Å². The van der Waals surface area contributed by atoms with Crippen molar-refractivity contribution in [2.45, 2.75) is 19.0 Å². The van der Waals surface area contributed by atoms with E-state index in [2.05, 4.69) is 6.58 Å². The maximum Gasteiger partial charge on any atom is 0.328 e. The van der Waals surface area contributed by atoms with Gasteiger partial charge in [-0.3, -0.25) is 4.79 Å². The lowest BCUT2D eigenvalue weighted by Crippen LogP contribution is -2.48. The summed E-state index contributed by atoms with van der Waals surface area (Å²) in [5, 5.41) is 0. The second-order valence-electron chi connectivity index (χ2n) is 4.18. The van der Waals surface area contributed by atoms with Crippen molar-refractivity contribution < 1.29 is 14.3 Å². The number of benzene rings is 1. The number of esters is 1. The summed E-state index contributed by atoms with van der Waals surface area (Å²) in [5.74, 6) is -0.639. The molecule has 0 aromatic heterocycles. The summed E-state index contributed by atoms with van der Waals surface area (Å²) in [7, 11) is 1.33. The van der Waals surface area contributed by atoms with Gasteiger partial charge >= 0.3 is 5.97 Å². The molecule has 0 bridgehead atoms. The number of hydrogen-bond acceptors (Lipinski definition) is 3. The molecule has 18 heavy (non-hydrogen) atoms. The highest BCUT2D eigenvalue weighted by molar-refractivity contribution is 5.91. The van der Waals surface area contributed by atoms with E-state index >= 15 is 0 Å². The van der Waals surface area contributed by atoms with Crippen LogP contribution in [0.4, 0.5) is 0 Å². The number of ether oxygens (including phenoxy) is 1. The number of fused-ring (bicyclic) bond motifs is 1. The van der Waals surface area contributed by atoms with Crippen LogP contribution >= 0.6 is 0 Å². The minimum atomic E-state index is -0.560. The summed E-state index contributed by atoms with van der Waals surface area (Å²) < 4.78 is 4.76. The molecule has 0 N–H and O–H groups in total. The van der Waals surface area contributed by atoms with Crippen LogP contribution in [0.1, 0.15) is 11.1 Å². The molecule has 1 aliphatic rings. The molecular weight excluding hydrogens is 230 g/mol. The highest BCUT2D eigenvalue weighted by atomic mass is 16.5. The van der Waals surface area contributed by atoms with E-state index in [1.165, 1.54) is 18.1 Å². The summed E-state index contributed by atoms with van der Waals surface area (Å²) in [6.07, 6.45) is 1.71. The molecule has 0 fully saturated rings. The molecule has 1 aliphatic heterocycles. The normalized spacial score (nSPS) is 17.8. The van der Waals surface area contributed by atoms with Gasteiger partial charge < -0.3 is 9.64 Å². The van der Waals surface area contributed by atoms with E-state index in [1.54, 1.807) is 0 Å². The fraction of sp³-hybridized carbons (Fsp3) is 0.286. The zero-order valence-corrected chi connectivity index (χ0v) is 10.3. The highest BCUT2D eigenvalue weighted by Crippen LogP contribution is 2.24. The molecule has 4 heteroatoms. The quantitative estimate of drug-likeness (QED) is 0.583. The second-order valence-corrected chi connectivity index (χ2v) is 4.18. The lowest BCUT2D eigenvalue weighted by atomic mass is 9.94. The number of hydrogen-bond donors (Lipinski definition) is 0. The molecule has 1 atom stereocenters. The van der Waals surface area contributed by atoms with Crippen molar-refractivity contribution in [1.82, 2.24) is 4.90 Å². The second kappa shape index (κ2) is 5.04. The molecule has 0 aliphatic carbocycles. The average molecular weight is 245 g/mol. The van der Waals surface area contributed by atoms with Gasteiger partial charge in [0.2, 0.25) is 5.91 Å². The zero-order chi connectivity index (χ0) is 13.1. The van der Waals surface area contributed by atoms with Crippen molar-refractivity contribution in [2.75, 3.05) is 7.11 Å². The fourth-order valence-corrected chi connectivity index (χ4v) is 2.22. The van der Waals surface area contributed by atoms with Crippen LogP contribution in [0.25, 0.3) is 0 Å². The fourth-order valence-electron chi connectivity index (χ4n) is 2.22. The van der Waals surface area contributed by atoms with Gasteiger partial charge in [-0.25, -0.2) is 4.79 Å². The standard InChI is InChI=1S/C14H15NO3/c1-3-13(16)15-9-11-7-5-4-6-10(11)8-12(15)14(17)18-2/h3-7,12H,1,8-9H2,2H3/t12-/m0/s1. The van der Waals surface area contributed by atoms with Crippen LogP contribution in [-0.4, -0.2) is 29.9 Å².